The van der Waals surface area contributed by atoms with Crippen molar-refractivity contribution in [2.75, 3.05) is 0 Å². The number of carbonyl (C=O) groups excluding carboxylic acids is 2. The van der Waals surface area contributed by atoms with Crippen LogP contribution < -0.4 is 0 Å². The molecular formula is C11H8F9NO8S3. The number of hydrogen-bond donors (Lipinski definition) is 0. The van der Waals surface area contributed by atoms with E-state index < -0.39 is 78.9 Å². The van der Waals surface area contributed by atoms with Crippen molar-refractivity contribution in [2.24, 2.45) is 0 Å². The number of nitriles is 1. The van der Waals surface area contributed by atoms with Crippen molar-refractivity contribution in [3.63, 3.8) is 0 Å². The van der Waals surface area contributed by atoms with Gasteiger partial charge in [0.15, 0.2) is 16.8 Å². The fourth-order valence-corrected chi connectivity index (χ4v) is 6.98. The summed E-state index contributed by atoms with van der Waals surface area (Å²) < 4.78 is 185. The van der Waals surface area contributed by atoms with Crippen LogP contribution in [0, 0.1) is 11.3 Å². The Morgan fingerprint density at radius 3 is 1.25 bits per heavy atom. The van der Waals surface area contributed by atoms with E-state index >= 15 is 0 Å². The molecule has 0 radical (unpaired) electrons. The SMILES string of the molecule is CC(=O)C(C(C)=O)S(=O)(=O)C(F)(F)C(F)(F)C(F)(F)S(=O)(=O)C(C#N)S(=O)(=O)C(F)(F)F. The van der Waals surface area contributed by atoms with Gasteiger partial charge in [-0.2, -0.15) is 44.8 Å². The van der Waals surface area contributed by atoms with Crippen molar-refractivity contribution >= 4 is 41.1 Å². The van der Waals surface area contributed by atoms with Crippen LogP contribution in [0.15, 0.2) is 0 Å². The van der Waals surface area contributed by atoms with Crippen LogP contribution in [0.3, 0.4) is 0 Å². The predicted octanol–water partition coefficient (Wildman–Crippen LogP) is 0.968. The molecule has 186 valence electrons. The second-order valence-electron chi connectivity index (χ2n) is 5.75. The summed E-state index contributed by atoms with van der Waals surface area (Å²) in [5, 5.41) is -10.5. The first kappa shape index (κ1) is 30.0. The van der Waals surface area contributed by atoms with Gasteiger partial charge in [-0.3, -0.25) is 9.59 Å². The zero-order valence-corrected chi connectivity index (χ0v) is 17.4. The van der Waals surface area contributed by atoms with Crippen molar-refractivity contribution in [3.8, 4) is 6.07 Å². The molecule has 21 heteroatoms. The van der Waals surface area contributed by atoms with Crippen molar-refractivity contribution in [1.82, 2.24) is 0 Å². The number of carbonyl (C=O) groups is 2. The second kappa shape index (κ2) is 8.12. The van der Waals surface area contributed by atoms with Gasteiger partial charge in [0.1, 0.15) is 0 Å². The predicted molar refractivity (Wildman–Crippen MR) is 82.2 cm³/mol. The van der Waals surface area contributed by atoms with E-state index in [1.807, 2.05) is 0 Å². The highest BCUT2D eigenvalue weighted by Gasteiger charge is 2.84. The Morgan fingerprint density at radius 2 is 1.00 bits per heavy atom. The van der Waals surface area contributed by atoms with E-state index in [0.29, 0.717) is 0 Å². The Balaban J connectivity index is 7.17. The van der Waals surface area contributed by atoms with E-state index in [2.05, 4.69) is 0 Å². The smallest absolute Gasteiger partial charge is 0.298 e. The zero-order valence-electron chi connectivity index (χ0n) is 15.0. The molecule has 0 saturated carbocycles. The van der Waals surface area contributed by atoms with Gasteiger partial charge in [0, 0.05) is 0 Å². The molecule has 0 N–H and O–H groups in total. The molecule has 0 heterocycles. The van der Waals surface area contributed by atoms with Gasteiger partial charge in [-0.15, -0.1) is 0 Å². The fraction of sp³-hybridized carbons (Fsp3) is 0.727. The van der Waals surface area contributed by atoms with Crippen LogP contribution in [-0.2, 0) is 39.1 Å². The van der Waals surface area contributed by atoms with Gasteiger partial charge in [0.2, 0.25) is 9.84 Å². The molecule has 1 atom stereocenters. The molecule has 32 heavy (non-hydrogen) atoms. The van der Waals surface area contributed by atoms with E-state index in [0.717, 1.165) is 0 Å². The normalized spacial score (nSPS) is 15.8. The monoisotopic (exact) mass is 549 g/mol. The lowest BCUT2D eigenvalue weighted by Gasteiger charge is -2.33. The van der Waals surface area contributed by atoms with Crippen LogP contribution in [0.4, 0.5) is 39.5 Å². The maximum atomic E-state index is 14.0. The highest BCUT2D eigenvalue weighted by molar-refractivity contribution is 8.10. The fourth-order valence-electron chi connectivity index (χ4n) is 1.96. The summed E-state index contributed by atoms with van der Waals surface area (Å²) in [4.78, 5) is 22.2. The molecule has 0 aliphatic carbocycles. The highest BCUT2D eigenvalue weighted by atomic mass is 32.3. The summed E-state index contributed by atoms with van der Waals surface area (Å²) in [6.07, 6.45) is 0. The van der Waals surface area contributed by atoms with Crippen molar-refractivity contribution in [1.29, 1.82) is 5.26 Å². The van der Waals surface area contributed by atoms with Gasteiger partial charge in [-0.1, -0.05) is 0 Å². The van der Waals surface area contributed by atoms with Gasteiger partial charge in [-0.05, 0) is 13.8 Å². The summed E-state index contributed by atoms with van der Waals surface area (Å²) in [5.41, 5.74) is -6.84. The minimum atomic E-state index is -8.13. The third-order valence-electron chi connectivity index (χ3n) is 3.49. The maximum absolute atomic E-state index is 14.0. The average molecular weight is 549 g/mol. The van der Waals surface area contributed by atoms with Crippen LogP contribution >= 0.6 is 0 Å². The van der Waals surface area contributed by atoms with Gasteiger partial charge in [-0.25, -0.2) is 25.3 Å². The van der Waals surface area contributed by atoms with E-state index in [9.17, 15) is 74.4 Å². The second-order valence-corrected chi connectivity index (χ2v) is 12.2. The molecule has 0 aromatic carbocycles. The molecule has 0 fully saturated rings. The molecule has 0 amide bonds. The molecule has 0 saturated heterocycles. The van der Waals surface area contributed by atoms with Crippen LogP contribution in [0.1, 0.15) is 13.8 Å². The lowest BCUT2D eigenvalue weighted by atomic mass is 10.2. The molecule has 0 aliphatic rings. The molecule has 0 bridgehead atoms. The van der Waals surface area contributed by atoms with Crippen molar-refractivity contribution in [2.45, 2.75) is 45.6 Å². The standard InChI is InChI=1S/C11H8F9NO8S3/c1-4(22)7(5(2)23)32(28,29)10(16,17)8(12,13)9(14,15)30(24,25)6(3-21)31(26,27)11(18,19)20/h6-7H,1-2H3. The van der Waals surface area contributed by atoms with Crippen molar-refractivity contribution in [3.05, 3.63) is 0 Å². The van der Waals surface area contributed by atoms with Crippen molar-refractivity contribution < 1.29 is 74.4 Å². The minimum absolute atomic E-state index is 0.0638. The number of hydrogen-bond acceptors (Lipinski definition) is 9. The average Bonchev–Trinajstić information content (AvgIpc) is 2.51. The third kappa shape index (κ3) is 4.07. The Hall–Kier alpha value is -1.95. The van der Waals surface area contributed by atoms with Crippen LogP contribution in [0.25, 0.3) is 0 Å². The molecule has 0 aromatic heterocycles. The number of alkyl halides is 9. The number of sulfone groups is 3. The summed E-state index contributed by atoms with van der Waals surface area (Å²) in [6.45, 7) is 0.128. The highest BCUT2D eigenvalue weighted by Crippen LogP contribution is 2.53. The first-order valence-corrected chi connectivity index (χ1v) is 11.7. The third-order valence-corrected chi connectivity index (χ3v) is 10.2. The molecule has 0 aromatic rings. The maximum Gasteiger partial charge on any atom is 0.499 e. The molecule has 0 aliphatic heterocycles. The van der Waals surface area contributed by atoms with Crippen LogP contribution in [0.5, 0.6) is 0 Å². The van der Waals surface area contributed by atoms with Gasteiger partial charge in [0.25, 0.3) is 24.3 Å². The number of ketones is 2. The van der Waals surface area contributed by atoms with Gasteiger partial charge >= 0.3 is 21.9 Å². The Morgan fingerprint density at radius 1 is 0.688 bits per heavy atom. The van der Waals surface area contributed by atoms with Crippen LogP contribution in [0.2, 0.25) is 0 Å². The topological polar surface area (TPSA) is 160 Å². The zero-order chi connectivity index (χ0) is 26.5. The van der Waals surface area contributed by atoms with Gasteiger partial charge < -0.3 is 0 Å². The Bertz CT molecular complexity index is 1150. The summed E-state index contributed by atoms with van der Waals surface area (Å²) in [6, 6.07) is -0.395. The lowest BCUT2D eigenvalue weighted by Crippen LogP contribution is -2.65. The first-order chi connectivity index (χ1) is 13.7. The first-order valence-electron chi connectivity index (χ1n) is 7.02. The number of rotatable bonds is 9. The molecule has 0 spiro atoms. The summed E-state index contributed by atoms with van der Waals surface area (Å²) in [7, 11) is -23.1. The number of halogens is 9. The number of nitrogens with zero attached hydrogens (tertiary/aromatic N) is 1. The Kier molecular flexibility index (Phi) is 7.63. The molecular weight excluding hydrogens is 541 g/mol. The van der Waals surface area contributed by atoms with Crippen LogP contribution in [-0.4, -0.2) is 68.6 Å². The molecule has 0 rings (SSSR count). The van der Waals surface area contributed by atoms with E-state index in [4.69, 9.17) is 5.26 Å². The van der Waals surface area contributed by atoms with E-state index in [-0.39, 0.29) is 13.8 Å². The largest absolute Gasteiger partial charge is 0.499 e. The quantitative estimate of drug-likeness (QED) is 0.302. The summed E-state index contributed by atoms with van der Waals surface area (Å²) in [5.74, 6) is -12.0. The van der Waals surface area contributed by atoms with E-state index in [1.165, 1.54) is 0 Å². The summed E-state index contributed by atoms with van der Waals surface area (Å²) >= 11 is 0. The van der Waals surface area contributed by atoms with E-state index in [1.54, 1.807) is 0 Å². The molecule has 9 nitrogen and oxygen atoms in total. The minimum Gasteiger partial charge on any atom is -0.298 e. The lowest BCUT2D eigenvalue weighted by molar-refractivity contribution is -0.243. The number of Topliss-reactive ketones (excluding diaryl/α,β-unsaturated/α-hetero) is 2. The van der Waals surface area contributed by atoms with Gasteiger partial charge in [0.05, 0.1) is 6.07 Å². The molecule has 1 unspecified atom stereocenters. The Labute approximate surface area is 172 Å².